The average molecular weight is 423 g/mol. The molecule has 0 amide bonds. The molecule has 3 rings (SSSR count). The molecule has 0 atom stereocenters. The minimum atomic E-state index is 0.0708. The fourth-order valence-electron chi connectivity index (χ4n) is 3.92. The van der Waals surface area contributed by atoms with Crippen molar-refractivity contribution >= 4 is 5.78 Å². The third kappa shape index (κ3) is 5.20. The van der Waals surface area contributed by atoms with Crippen molar-refractivity contribution in [3.63, 3.8) is 0 Å². The minimum absolute atomic E-state index is 0.0708. The second kappa shape index (κ2) is 10.0. The Kier molecular flexibility index (Phi) is 7.37. The summed E-state index contributed by atoms with van der Waals surface area (Å²) >= 11 is 0. The summed E-state index contributed by atoms with van der Waals surface area (Å²) in [5, 5.41) is 0. The molecule has 0 fully saturated rings. The molecule has 1 nitrogen and oxygen atoms in total. The summed E-state index contributed by atoms with van der Waals surface area (Å²) in [6.07, 6.45) is 0. The van der Waals surface area contributed by atoms with E-state index >= 15 is 0 Å². The third-order valence-corrected chi connectivity index (χ3v) is 5.92. The zero-order chi connectivity index (χ0) is 23.4. The number of benzene rings is 3. The monoisotopic (exact) mass is 422 g/mol. The SMILES string of the molecule is Cc1ccc(C#Cc2ccccc2C(=O)c2c(C(C)C)cc(C(C)C)cc2C(C)C)cc1. The number of hydrogen-bond donors (Lipinski definition) is 0. The molecule has 1 heteroatoms. The predicted octanol–water partition coefficient (Wildman–Crippen LogP) is 8.00. The highest BCUT2D eigenvalue weighted by Gasteiger charge is 2.24. The Balaban J connectivity index is 2.16. The summed E-state index contributed by atoms with van der Waals surface area (Å²) in [6, 6.07) is 20.3. The highest BCUT2D eigenvalue weighted by Crippen LogP contribution is 2.34. The van der Waals surface area contributed by atoms with Crippen molar-refractivity contribution in [2.24, 2.45) is 0 Å². The number of hydrogen-bond acceptors (Lipinski definition) is 1. The van der Waals surface area contributed by atoms with Crippen LogP contribution >= 0.6 is 0 Å². The molecule has 164 valence electrons. The van der Waals surface area contributed by atoms with Crippen LogP contribution in [0, 0.1) is 18.8 Å². The largest absolute Gasteiger partial charge is 0.289 e. The standard InChI is InChI=1S/C31H34O/c1-20(2)26-18-28(21(3)4)30(29(19-26)22(5)6)31(32)27-11-9-8-10-25(27)17-16-24-14-12-23(7)13-15-24/h8-15,18-22H,1-7H3. The highest BCUT2D eigenvalue weighted by molar-refractivity contribution is 6.12. The van der Waals surface area contributed by atoms with Gasteiger partial charge in [-0.2, -0.15) is 0 Å². The van der Waals surface area contributed by atoms with Crippen LogP contribution in [0.4, 0.5) is 0 Å². The van der Waals surface area contributed by atoms with Gasteiger partial charge in [0, 0.05) is 22.3 Å². The van der Waals surface area contributed by atoms with Crippen LogP contribution in [-0.2, 0) is 0 Å². The third-order valence-electron chi connectivity index (χ3n) is 5.92. The van der Waals surface area contributed by atoms with Gasteiger partial charge in [-0.3, -0.25) is 4.79 Å². The molecule has 0 N–H and O–H groups in total. The molecule has 0 heterocycles. The van der Waals surface area contributed by atoms with Crippen molar-refractivity contribution in [3.8, 4) is 11.8 Å². The van der Waals surface area contributed by atoms with E-state index < -0.39 is 0 Å². The van der Waals surface area contributed by atoms with Gasteiger partial charge in [0.15, 0.2) is 5.78 Å². The Labute approximate surface area is 193 Å². The van der Waals surface area contributed by atoms with E-state index in [9.17, 15) is 4.79 Å². The summed E-state index contributed by atoms with van der Waals surface area (Å²) in [5.41, 5.74) is 8.01. The van der Waals surface area contributed by atoms with Gasteiger partial charge < -0.3 is 0 Å². The molecule has 3 aromatic carbocycles. The molecule has 3 aromatic rings. The maximum Gasteiger partial charge on any atom is 0.194 e. The van der Waals surface area contributed by atoms with E-state index in [2.05, 4.69) is 84.6 Å². The van der Waals surface area contributed by atoms with Crippen LogP contribution in [0.25, 0.3) is 0 Å². The van der Waals surface area contributed by atoms with Gasteiger partial charge in [-0.25, -0.2) is 0 Å². The number of carbonyl (C=O) groups excluding carboxylic acids is 1. The molecule has 32 heavy (non-hydrogen) atoms. The molecule has 0 bridgehead atoms. The van der Waals surface area contributed by atoms with Gasteiger partial charge in [-0.1, -0.05) is 95.3 Å². The molecular formula is C31H34O. The first-order chi connectivity index (χ1) is 15.2. The van der Waals surface area contributed by atoms with Crippen molar-refractivity contribution in [1.82, 2.24) is 0 Å². The fourth-order valence-corrected chi connectivity index (χ4v) is 3.92. The maximum absolute atomic E-state index is 14.0. The smallest absolute Gasteiger partial charge is 0.194 e. The molecule has 0 aliphatic heterocycles. The van der Waals surface area contributed by atoms with Crippen LogP contribution in [0.5, 0.6) is 0 Å². The summed E-state index contributed by atoms with van der Waals surface area (Å²) in [6.45, 7) is 15.2. The van der Waals surface area contributed by atoms with Crippen molar-refractivity contribution in [3.05, 3.63) is 105 Å². The van der Waals surface area contributed by atoms with E-state index in [4.69, 9.17) is 0 Å². The molecule has 0 saturated carbocycles. The van der Waals surface area contributed by atoms with E-state index in [0.29, 0.717) is 11.5 Å². The van der Waals surface area contributed by atoms with Gasteiger partial charge in [-0.05, 0) is 65.6 Å². The quantitative estimate of drug-likeness (QED) is 0.301. The van der Waals surface area contributed by atoms with Crippen molar-refractivity contribution < 1.29 is 4.79 Å². The maximum atomic E-state index is 14.0. The first kappa shape index (κ1) is 23.6. The van der Waals surface area contributed by atoms with E-state index in [1.807, 2.05) is 36.4 Å². The first-order valence-corrected chi connectivity index (χ1v) is 11.6. The Hall–Kier alpha value is -3.11. The zero-order valence-corrected chi connectivity index (χ0v) is 20.4. The number of aryl methyl sites for hydroxylation is 1. The fraction of sp³-hybridized carbons (Fsp3) is 0.323. The summed E-state index contributed by atoms with van der Waals surface area (Å²) in [7, 11) is 0. The van der Waals surface area contributed by atoms with Crippen LogP contribution in [0.1, 0.15) is 109 Å². The van der Waals surface area contributed by atoms with Crippen molar-refractivity contribution in [2.75, 3.05) is 0 Å². The molecule has 0 radical (unpaired) electrons. The van der Waals surface area contributed by atoms with Crippen molar-refractivity contribution in [2.45, 2.75) is 66.2 Å². The lowest BCUT2D eigenvalue weighted by Gasteiger charge is -2.22. The number of carbonyl (C=O) groups is 1. The Morgan fingerprint density at radius 1 is 0.719 bits per heavy atom. The Bertz CT molecular complexity index is 1140. The van der Waals surface area contributed by atoms with E-state index in [-0.39, 0.29) is 17.6 Å². The Morgan fingerprint density at radius 3 is 1.81 bits per heavy atom. The number of ketones is 1. The summed E-state index contributed by atoms with van der Waals surface area (Å²) < 4.78 is 0. The van der Waals surface area contributed by atoms with Gasteiger partial charge >= 0.3 is 0 Å². The molecule has 0 spiro atoms. The van der Waals surface area contributed by atoms with Gasteiger partial charge in [0.25, 0.3) is 0 Å². The lowest BCUT2D eigenvalue weighted by Crippen LogP contribution is -2.14. The predicted molar refractivity (Wildman–Crippen MR) is 136 cm³/mol. The lowest BCUT2D eigenvalue weighted by molar-refractivity contribution is 0.103. The first-order valence-electron chi connectivity index (χ1n) is 11.6. The lowest BCUT2D eigenvalue weighted by atomic mass is 9.81. The normalized spacial score (nSPS) is 11.1. The van der Waals surface area contributed by atoms with Gasteiger partial charge in [0.2, 0.25) is 0 Å². The van der Waals surface area contributed by atoms with Gasteiger partial charge in [0.05, 0.1) is 0 Å². The van der Waals surface area contributed by atoms with Crippen LogP contribution < -0.4 is 0 Å². The average Bonchev–Trinajstić information content (AvgIpc) is 2.77. The van der Waals surface area contributed by atoms with E-state index in [1.54, 1.807) is 0 Å². The van der Waals surface area contributed by atoms with Crippen molar-refractivity contribution in [1.29, 1.82) is 0 Å². The summed E-state index contributed by atoms with van der Waals surface area (Å²) in [5.74, 6) is 7.50. The summed E-state index contributed by atoms with van der Waals surface area (Å²) in [4.78, 5) is 14.0. The zero-order valence-electron chi connectivity index (χ0n) is 20.4. The van der Waals surface area contributed by atoms with Gasteiger partial charge in [-0.15, -0.1) is 0 Å². The van der Waals surface area contributed by atoms with Crippen LogP contribution in [0.3, 0.4) is 0 Å². The second-order valence-corrected chi connectivity index (χ2v) is 9.53. The molecule has 0 saturated heterocycles. The second-order valence-electron chi connectivity index (χ2n) is 9.53. The topological polar surface area (TPSA) is 17.1 Å². The van der Waals surface area contributed by atoms with Crippen LogP contribution in [0.2, 0.25) is 0 Å². The Morgan fingerprint density at radius 2 is 1.28 bits per heavy atom. The van der Waals surface area contributed by atoms with Crippen LogP contribution in [0.15, 0.2) is 60.7 Å². The molecule has 0 aliphatic rings. The number of rotatable bonds is 5. The molecule has 0 aromatic heterocycles. The molecular weight excluding hydrogens is 388 g/mol. The molecule has 0 unspecified atom stereocenters. The van der Waals surface area contributed by atoms with E-state index in [0.717, 1.165) is 27.8 Å². The highest BCUT2D eigenvalue weighted by atomic mass is 16.1. The molecule has 0 aliphatic carbocycles. The van der Waals surface area contributed by atoms with Crippen LogP contribution in [-0.4, -0.2) is 5.78 Å². The van der Waals surface area contributed by atoms with E-state index in [1.165, 1.54) is 11.1 Å². The minimum Gasteiger partial charge on any atom is -0.289 e. The van der Waals surface area contributed by atoms with Gasteiger partial charge in [0.1, 0.15) is 0 Å².